The van der Waals surface area contributed by atoms with E-state index in [2.05, 4.69) is 10.0 Å². The number of nitrogen functional groups attached to an aromatic ring is 1. The average molecular weight is 354 g/mol. The predicted octanol–water partition coefficient (Wildman–Crippen LogP) is 1.63. The highest BCUT2D eigenvalue weighted by Gasteiger charge is 2.30. The molecule has 0 atom stereocenters. The molecule has 0 spiro atoms. The molecule has 21 heavy (non-hydrogen) atoms. The van der Waals surface area contributed by atoms with Crippen molar-refractivity contribution in [1.82, 2.24) is 10.0 Å². The van der Waals surface area contributed by atoms with E-state index in [1.807, 2.05) is 0 Å². The highest BCUT2D eigenvalue weighted by atomic mass is 35.5. The highest BCUT2D eigenvalue weighted by Crippen LogP contribution is 2.31. The van der Waals surface area contributed by atoms with Crippen molar-refractivity contribution in [1.29, 1.82) is 0 Å². The number of hydrogen-bond acceptors (Lipinski definition) is 4. The van der Waals surface area contributed by atoms with Crippen LogP contribution in [0.25, 0.3) is 0 Å². The Morgan fingerprint density at radius 1 is 1.33 bits per heavy atom. The third-order valence-corrected chi connectivity index (χ3v) is 5.00. The molecule has 1 aromatic rings. The van der Waals surface area contributed by atoms with E-state index in [4.69, 9.17) is 28.9 Å². The smallest absolute Gasteiger partial charge is 0.244 e. The molecule has 0 radical (unpaired) electrons. The van der Waals surface area contributed by atoms with Crippen LogP contribution in [-0.4, -0.2) is 27.9 Å². The van der Waals surface area contributed by atoms with Crippen LogP contribution in [0.5, 0.6) is 0 Å². The van der Waals surface area contributed by atoms with Crippen molar-refractivity contribution < 1.29 is 13.2 Å². The zero-order valence-corrected chi connectivity index (χ0v) is 14.2. The Kier molecular flexibility index (Phi) is 5.49. The summed E-state index contributed by atoms with van der Waals surface area (Å²) in [5.41, 5.74) is 4.69. The first-order valence-corrected chi connectivity index (χ1v) is 8.21. The standard InChI is InChI=1S/C12H17Cl2N3O3S/c1-12(2,11(18)16-3)6-17-21(19,20)10-8(14)4-7(13)5-9(10)15/h4-5,17H,6,15H2,1-3H3,(H,16,18). The number of rotatable bonds is 5. The largest absolute Gasteiger partial charge is 0.398 e. The number of carbonyl (C=O) groups is 1. The lowest BCUT2D eigenvalue weighted by Gasteiger charge is -2.23. The maximum absolute atomic E-state index is 12.3. The molecule has 0 aliphatic heterocycles. The van der Waals surface area contributed by atoms with Gasteiger partial charge in [0.05, 0.1) is 16.1 Å². The molecule has 0 aromatic heterocycles. The summed E-state index contributed by atoms with van der Waals surface area (Å²) in [4.78, 5) is 11.4. The van der Waals surface area contributed by atoms with Crippen LogP contribution in [0.4, 0.5) is 5.69 Å². The third kappa shape index (κ3) is 4.23. The lowest BCUT2D eigenvalue weighted by atomic mass is 9.93. The zero-order valence-electron chi connectivity index (χ0n) is 11.8. The van der Waals surface area contributed by atoms with Gasteiger partial charge in [0, 0.05) is 18.6 Å². The first-order valence-electron chi connectivity index (χ1n) is 5.97. The van der Waals surface area contributed by atoms with Crippen molar-refractivity contribution in [3.8, 4) is 0 Å². The van der Waals surface area contributed by atoms with Gasteiger partial charge < -0.3 is 11.1 Å². The number of anilines is 1. The first-order chi connectivity index (χ1) is 9.51. The highest BCUT2D eigenvalue weighted by molar-refractivity contribution is 7.89. The molecule has 0 fully saturated rings. The molecule has 9 heteroatoms. The lowest BCUT2D eigenvalue weighted by molar-refractivity contribution is -0.128. The van der Waals surface area contributed by atoms with Crippen molar-refractivity contribution in [2.45, 2.75) is 18.7 Å². The molecule has 4 N–H and O–H groups in total. The molecule has 6 nitrogen and oxygen atoms in total. The summed E-state index contributed by atoms with van der Waals surface area (Å²) in [6.45, 7) is 3.12. The van der Waals surface area contributed by atoms with E-state index in [0.29, 0.717) is 0 Å². The molecule has 0 aliphatic carbocycles. The number of sulfonamides is 1. The third-order valence-electron chi connectivity index (χ3n) is 2.85. The van der Waals surface area contributed by atoms with E-state index >= 15 is 0 Å². The molecule has 1 amide bonds. The van der Waals surface area contributed by atoms with Crippen LogP contribution in [0.3, 0.4) is 0 Å². The van der Waals surface area contributed by atoms with Crippen molar-refractivity contribution in [3.63, 3.8) is 0 Å². The van der Waals surface area contributed by atoms with Gasteiger partial charge in [-0.2, -0.15) is 0 Å². The summed E-state index contributed by atoms with van der Waals surface area (Å²) in [6, 6.07) is 2.59. The quantitative estimate of drug-likeness (QED) is 0.700. The Labute approximate surface area is 134 Å². The van der Waals surface area contributed by atoms with E-state index in [0.717, 1.165) is 0 Å². The van der Waals surface area contributed by atoms with Crippen LogP contribution in [-0.2, 0) is 14.8 Å². The van der Waals surface area contributed by atoms with Gasteiger partial charge >= 0.3 is 0 Å². The molecule has 1 aromatic carbocycles. The number of halogens is 2. The fraction of sp³-hybridized carbons (Fsp3) is 0.417. The minimum absolute atomic E-state index is 0.0576. The number of nitrogens with one attached hydrogen (secondary N) is 2. The second kappa shape index (κ2) is 6.39. The van der Waals surface area contributed by atoms with Gasteiger partial charge in [-0.05, 0) is 26.0 Å². The second-order valence-corrected chi connectivity index (χ2v) is 7.64. The van der Waals surface area contributed by atoms with Crippen LogP contribution in [0, 0.1) is 5.41 Å². The van der Waals surface area contributed by atoms with Gasteiger partial charge in [-0.3, -0.25) is 4.79 Å². The van der Waals surface area contributed by atoms with Crippen LogP contribution in [0.1, 0.15) is 13.8 Å². The van der Waals surface area contributed by atoms with Crippen molar-refractivity contribution in [2.24, 2.45) is 5.41 Å². The Morgan fingerprint density at radius 3 is 2.38 bits per heavy atom. The van der Waals surface area contributed by atoms with E-state index in [9.17, 15) is 13.2 Å². The monoisotopic (exact) mass is 353 g/mol. The normalized spacial score (nSPS) is 12.2. The Bertz CT molecular complexity index is 637. The minimum atomic E-state index is -3.96. The van der Waals surface area contributed by atoms with Crippen molar-refractivity contribution >= 4 is 44.8 Å². The van der Waals surface area contributed by atoms with Crippen LogP contribution in [0.15, 0.2) is 17.0 Å². The summed E-state index contributed by atoms with van der Waals surface area (Å²) >= 11 is 11.6. The molecule has 118 valence electrons. The van der Waals surface area contributed by atoms with Gasteiger partial charge in [0.15, 0.2) is 0 Å². The minimum Gasteiger partial charge on any atom is -0.398 e. The molecule has 0 saturated carbocycles. The van der Waals surface area contributed by atoms with Crippen LogP contribution < -0.4 is 15.8 Å². The van der Waals surface area contributed by atoms with Gasteiger partial charge in [0.2, 0.25) is 15.9 Å². The number of benzene rings is 1. The fourth-order valence-corrected chi connectivity index (χ4v) is 3.82. The molecule has 0 saturated heterocycles. The number of hydrogen-bond donors (Lipinski definition) is 3. The van der Waals surface area contributed by atoms with Gasteiger partial charge in [0.1, 0.15) is 4.90 Å². The van der Waals surface area contributed by atoms with Gasteiger partial charge in [-0.1, -0.05) is 23.2 Å². The van der Waals surface area contributed by atoms with Crippen molar-refractivity contribution in [3.05, 3.63) is 22.2 Å². The molecular formula is C12H17Cl2N3O3S. The van der Waals surface area contributed by atoms with Crippen LogP contribution >= 0.6 is 23.2 Å². The van der Waals surface area contributed by atoms with Gasteiger partial charge in [-0.25, -0.2) is 13.1 Å². The SMILES string of the molecule is CNC(=O)C(C)(C)CNS(=O)(=O)c1c(N)cc(Cl)cc1Cl. The molecule has 0 unspecified atom stereocenters. The number of carbonyl (C=O) groups excluding carboxylic acids is 1. The molecule has 0 heterocycles. The fourth-order valence-electron chi connectivity index (χ4n) is 1.63. The summed E-state index contributed by atoms with van der Waals surface area (Å²) in [7, 11) is -2.48. The molecule has 0 bridgehead atoms. The van der Waals surface area contributed by atoms with E-state index in [1.165, 1.54) is 19.2 Å². The maximum Gasteiger partial charge on any atom is 0.244 e. The molecule has 0 aliphatic rings. The number of amides is 1. The summed E-state index contributed by atoms with van der Waals surface area (Å²) < 4.78 is 26.9. The summed E-state index contributed by atoms with van der Waals surface area (Å²) in [6.07, 6.45) is 0. The summed E-state index contributed by atoms with van der Waals surface area (Å²) in [5, 5.41) is 2.63. The topological polar surface area (TPSA) is 101 Å². The van der Waals surface area contributed by atoms with E-state index in [1.54, 1.807) is 13.8 Å². The van der Waals surface area contributed by atoms with Gasteiger partial charge in [-0.15, -0.1) is 0 Å². The van der Waals surface area contributed by atoms with E-state index < -0.39 is 15.4 Å². The second-order valence-electron chi connectivity index (χ2n) is 5.09. The maximum atomic E-state index is 12.3. The Balaban J connectivity index is 3.07. The Morgan fingerprint density at radius 2 is 1.90 bits per heavy atom. The predicted molar refractivity (Wildman–Crippen MR) is 83.9 cm³/mol. The van der Waals surface area contributed by atoms with E-state index in [-0.39, 0.29) is 33.1 Å². The number of nitrogens with two attached hydrogens (primary N) is 1. The first kappa shape index (κ1) is 18.0. The van der Waals surface area contributed by atoms with Crippen molar-refractivity contribution in [2.75, 3.05) is 19.3 Å². The van der Waals surface area contributed by atoms with Crippen LogP contribution in [0.2, 0.25) is 10.0 Å². The Hall–Kier alpha value is -1.02. The average Bonchev–Trinajstić information content (AvgIpc) is 2.34. The molecular weight excluding hydrogens is 337 g/mol. The van der Waals surface area contributed by atoms with Gasteiger partial charge in [0.25, 0.3) is 0 Å². The lowest BCUT2D eigenvalue weighted by Crippen LogP contribution is -2.43. The zero-order chi connectivity index (χ0) is 16.4. The molecule has 1 rings (SSSR count). The summed E-state index contributed by atoms with van der Waals surface area (Å²) in [5.74, 6) is -0.291.